The number of Topliss-reactive ketones (excluding diaryl/α,β-unsaturated/α-hetero) is 2. The molecule has 0 saturated heterocycles. The van der Waals surface area contributed by atoms with Crippen molar-refractivity contribution in [3.63, 3.8) is 0 Å². The second-order valence-corrected chi connectivity index (χ2v) is 5.78. The molecule has 0 fully saturated rings. The number of fused-ring (bicyclic) bond motifs is 1. The zero-order chi connectivity index (χ0) is 14.8. The van der Waals surface area contributed by atoms with E-state index in [1.165, 1.54) is 17.5 Å². The van der Waals surface area contributed by atoms with Gasteiger partial charge in [-0.25, -0.2) is 4.52 Å². The number of hydrogen-bond acceptors (Lipinski definition) is 5. The molecule has 0 saturated carbocycles. The molecule has 0 radical (unpaired) electrons. The first-order valence-electron chi connectivity index (χ1n) is 6.61. The number of aromatic nitrogens is 3. The van der Waals surface area contributed by atoms with Gasteiger partial charge in [0.15, 0.2) is 11.6 Å². The van der Waals surface area contributed by atoms with Crippen LogP contribution in [0.15, 0.2) is 36.9 Å². The number of nitrogens with zero attached hydrogens (tertiary/aromatic N) is 3. The lowest BCUT2D eigenvalue weighted by Gasteiger charge is -1.98. The Bertz CT molecular complexity index is 819. The van der Waals surface area contributed by atoms with Gasteiger partial charge in [-0.15, -0.1) is 11.3 Å². The highest BCUT2D eigenvalue weighted by atomic mass is 32.1. The van der Waals surface area contributed by atoms with Crippen molar-refractivity contribution in [1.29, 1.82) is 0 Å². The molecule has 5 nitrogen and oxygen atoms in total. The van der Waals surface area contributed by atoms with Gasteiger partial charge in [0, 0.05) is 17.3 Å². The number of thiophene rings is 1. The minimum absolute atomic E-state index is 0.139. The van der Waals surface area contributed by atoms with Crippen molar-refractivity contribution in [2.45, 2.75) is 19.8 Å². The maximum absolute atomic E-state index is 12.3. The molecule has 0 aromatic carbocycles. The third-order valence-electron chi connectivity index (χ3n) is 3.23. The molecule has 0 amide bonds. The van der Waals surface area contributed by atoms with Crippen LogP contribution in [0.4, 0.5) is 0 Å². The maximum atomic E-state index is 12.3. The summed E-state index contributed by atoms with van der Waals surface area (Å²) in [6.07, 6.45) is 7.08. The van der Waals surface area contributed by atoms with E-state index in [-0.39, 0.29) is 18.0 Å². The van der Waals surface area contributed by atoms with Crippen LogP contribution in [0.25, 0.3) is 5.52 Å². The van der Waals surface area contributed by atoms with Gasteiger partial charge in [-0.3, -0.25) is 14.6 Å². The van der Waals surface area contributed by atoms with Crippen molar-refractivity contribution >= 4 is 28.4 Å². The summed E-state index contributed by atoms with van der Waals surface area (Å²) in [4.78, 5) is 30.2. The molecule has 0 unspecified atom stereocenters. The van der Waals surface area contributed by atoms with Crippen molar-refractivity contribution in [2.24, 2.45) is 0 Å². The predicted molar refractivity (Wildman–Crippen MR) is 80.0 cm³/mol. The van der Waals surface area contributed by atoms with Crippen molar-refractivity contribution in [3.05, 3.63) is 52.2 Å². The van der Waals surface area contributed by atoms with Gasteiger partial charge in [0.05, 0.1) is 34.8 Å². The maximum Gasteiger partial charge on any atom is 0.180 e. The van der Waals surface area contributed by atoms with Crippen LogP contribution >= 0.6 is 11.3 Å². The molecule has 0 aliphatic carbocycles. The Labute approximate surface area is 125 Å². The topological polar surface area (TPSA) is 64.3 Å². The van der Waals surface area contributed by atoms with Gasteiger partial charge >= 0.3 is 0 Å². The average Bonchev–Trinajstić information content (AvgIpc) is 3.14. The molecule has 0 aliphatic heterocycles. The zero-order valence-electron chi connectivity index (χ0n) is 11.4. The lowest BCUT2D eigenvalue weighted by molar-refractivity contribution is 0.0897. The van der Waals surface area contributed by atoms with Crippen molar-refractivity contribution in [3.8, 4) is 0 Å². The Hall–Kier alpha value is -2.34. The second-order valence-electron chi connectivity index (χ2n) is 4.61. The zero-order valence-corrected chi connectivity index (χ0v) is 12.3. The van der Waals surface area contributed by atoms with E-state index in [1.54, 1.807) is 29.2 Å². The molecule has 3 heterocycles. The third kappa shape index (κ3) is 2.62. The Kier molecular flexibility index (Phi) is 3.62. The number of rotatable bonds is 5. The van der Waals surface area contributed by atoms with E-state index in [1.807, 2.05) is 13.0 Å². The fourth-order valence-corrected chi connectivity index (χ4v) is 2.98. The highest BCUT2D eigenvalue weighted by Gasteiger charge is 2.18. The fraction of sp³-hybridized carbons (Fsp3) is 0.200. The van der Waals surface area contributed by atoms with Crippen molar-refractivity contribution < 1.29 is 9.59 Å². The minimum atomic E-state index is -0.227. The highest BCUT2D eigenvalue weighted by Crippen LogP contribution is 2.20. The third-order valence-corrected chi connectivity index (χ3v) is 4.50. The second kappa shape index (κ2) is 5.57. The molecular formula is C15H13N3O2S. The van der Waals surface area contributed by atoms with E-state index >= 15 is 0 Å². The summed E-state index contributed by atoms with van der Waals surface area (Å²) in [5, 5.41) is 4.08. The van der Waals surface area contributed by atoms with E-state index in [2.05, 4.69) is 10.1 Å². The molecule has 3 aromatic rings. The molecule has 6 heteroatoms. The van der Waals surface area contributed by atoms with Crippen LogP contribution in [-0.4, -0.2) is 26.2 Å². The van der Waals surface area contributed by atoms with Crippen LogP contribution in [0.3, 0.4) is 0 Å². The Morgan fingerprint density at radius 3 is 2.86 bits per heavy atom. The molecular weight excluding hydrogens is 286 g/mol. The van der Waals surface area contributed by atoms with Crippen LogP contribution in [0.2, 0.25) is 0 Å². The number of carbonyl (C=O) groups excluding carboxylic acids is 2. The van der Waals surface area contributed by atoms with Crippen LogP contribution in [0.5, 0.6) is 0 Å². The predicted octanol–water partition coefficient (Wildman–Crippen LogP) is 2.81. The Morgan fingerprint density at radius 1 is 1.24 bits per heavy atom. The number of aryl methyl sites for hydroxylation is 1. The summed E-state index contributed by atoms with van der Waals surface area (Å²) in [5.41, 5.74) is 1.06. The van der Waals surface area contributed by atoms with Crippen molar-refractivity contribution in [1.82, 2.24) is 14.6 Å². The average molecular weight is 299 g/mol. The lowest BCUT2D eigenvalue weighted by atomic mass is 10.1. The summed E-state index contributed by atoms with van der Waals surface area (Å²) in [6, 6.07) is 3.72. The molecule has 3 rings (SSSR count). The van der Waals surface area contributed by atoms with E-state index in [0.717, 1.165) is 11.3 Å². The SMILES string of the molecule is CCc1ccc(C(=O)CC(=O)c2cnn3ccncc23)s1. The summed E-state index contributed by atoms with van der Waals surface area (Å²) < 4.78 is 1.57. The summed E-state index contributed by atoms with van der Waals surface area (Å²) >= 11 is 1.45. The van der Waals surface area contributed by atoms with Gasteiger partial charge in [-0.1, -0.05) is 6.92 Å². The van der Waals surface area contributed by atoms with Crippen molar-refractivity contribution in [2.75, 3.05) is 0 Å². The first kappa shape index (κ1) is 13.6. The first-order valence-corrected chi connectivity index (χ1v) is 7.43. The number of ketones is 2. The summed E-state index contributed by atoms with van der Waals surface area (Å²) in [6.45, 7) is 2.04. The smallest absolute Gasteiger partial charge is 0.180 e. The normalized spacial score (nSPS) is 10.9. The molecule has 21 heavy (non-hydrogen) atoms. The van der Waals surface area contributed by atoms with Crippen LogP contribution in [-0.2, 0) is 6.42 Å². The van der Waals surface area contributed by atoms with Gasteiger partial charge in [0.2, 0.25) is 0 Å². The van der Waals surface area contributed by atoms with Crippen LogP contribution < -0.4 is 0 Å². The van der Waals surface area contributed by atoms with Gasteiger partial charge < -0.3 is 0 Å². The first-order chi connectivity index (χ1) is 10.2. The van der Waals surface area contributed by atoms with Crippen LogP contribution in [0, 0.1) is 0 Å². The number of carbonyl (C=O) groups is 2. The molecule has 0 N–H and O–H groups in total. The van der Waals surface area contributed by atoms with E-state index in [0.29, 0.717) is 16.0 Å². The Balaban J connectivity index is 1.81. The van der Waals surface area contributed by atoms with E-state index < -0.39 is 0 Å². The minimum Gasteiger partial charge on any atom is -0.294 e. The molecule has 0 spiro atoms. The largest absolute Gasteiger partial charge is 0.294 e. The molecule has 0 atom stereocenters. The molecule has 3 aromatic heterocycles. The molecule has 106 valence electrons. The molecule has 0 bridgehead atoms. The van der Waals surface area contributed by atoms with Gasteiger partial charge in [0.1, 0.15) is 0 Å². The quantitative estimate of drug-likeness (QED) is 0.537. The summed E-state index contributed by atoms with van der Waals surface area (Å²) in [7, 11) is 0. The standard InChI is InChI=1S/C15H13N3O2S/c1-2-10-3-4-15(21-10)14(20)7-13(19)11-8-17-18-6-5-16-9-12(11)18/h3-6,8-9H,2,7H2,1H3. The van der Waals surface area contributed by atoms with E-state index in [9.17, 15) is 9.59 Å². The fourth-order valence-electron chi connectivity index (χ4n) is 2.10. The summed E-state index contributed by atoms with van der Waals surface area (Å²) in [5.74, 6) is -0.373. The van der Waals surface area contributed by atoms with Gasteiger partial charge in [0.25, 0.3) is 0 Å². The monoisotopic (exact) mass is 299 g/mol. The Morgan fingerprint density at radius 2 is 2.10 bits per heavy atom. The van der Waals surface area contributed by atoms with Gasteiger partial charge in [-0.05, 0) is 18.6 Å². The molecule has 0 aliphatic rings. The lowest BCUT2D eigenvalue weighted by Crippen LogP contribution is -2.07. The van der Waals surface area contributed by atoms with Gasteiger partial charge in [-0.2, -0.15) is 5.10 Å². The highest BCUT2D eigenvalue weighted by molar-refractivity contribution is 7.14. The number of hydrogen-bond donors (Lipinski definition) is 0. The van der Waals surface area contributed by atoms with E-state index in [4.69, 9.17) is 0 Å². The van der Waals surface area contributed by atoms with Crippen LogP contribution in [0.1, 0.15) is 38.3 Å².